The molecule has 0 unspecified atom stereocenters. The van der Waals surface area contributed by atoms with Crippen molar-refractivity contribution in [1.29, 1.82) is 0 Å². The maximum Gasteiger partial charge on any atom is 0.416 e. The summed E-state index contributed by atoms with van der Waals surface area (Å²) in [6, 6.07) is 8.19. The molecule has 0 atom stereocenters. The second-order valence-electron chi connectivity index (χ2n) is 6.53. The third kappa shape index (κ3) is 5.14. The highest BCUT2D eigenvalue weighted by molar-refractivity contribution is 6.05. The molecule has 0 radical (unpaired) electrons. The summed E-state index contributed by atoms with van der Waals surface area (Å²) in [7, 11) is 0. The molecule has 1 aromatic carbocycles. The Balaban J connectivity index is 0.00000300. The number of ether oxygens (including phenoxy) is 1. The van der Waals surface area contributed by atoms with E-state index in [0.29, 0.717) is 16.7 Å². The number of fused-ring (bicyclic) bond motifs is 1. The average Bonchev–Trinajstić information content (AvgIpc) is 2.60. The van der Waals surface area contributed by atoms with Gasteiger partial charge in [-0.2, -0.15) is 13.2 Å². The molecular weight excluding hydrogens is 407 g/mol. The van der Waals surface area contributed by atoms with Gasteiger partial charge in [0.15, 0.2) is 5.65 Å². The number of nitrogens with zero attached hydrogens (tertiary/aromatic N) is 2. The van der Waals surface area contributed by atoms with E-state index >= 15 is 0 Å². The largest absolute Gasteiger partial charge is 0.459 e. The number of carbonyl (C=O) groups is 1. The quantitative estimate of drug-likeness (QED) is 0.544. The van der Waals surface area contributed by atoms with E-state index in [0.717, 1.165) is 17.8 Å². The first-order valence-electron chi connectivity index (χ1n) is 8.57. The Morgan fingerprint density at radius 1 is 1.17 bits per heavy atom. The van der Waals surface area contributed by atoms with Gasteiger partial charge in [-0.1, -0.05) is 6.07 Å². The summed E-state index contributed by atoms with van der Waals surface area (Å²) in [5.41, 5.74) is 0.891. The van der Waals surface area contributed by atoms with E-state index in [1.54, 1.807) is 32.9 Å². The molecule has 0 bridgehead atoms. The molecule has 0 saturated heterocycles. The van der Waals surface area contributed by atoms with Crippen molar-refractivity contribution in [1.82, 2.24) is 9.97 Å². The highest BCUT2D eigenvalue weighted by Gasteiger charge is 2.30. The van der Waals surface area contributed by atoms with Crippen LogP contribution in [0.3, 0.4) is 0 Å². The van der Waals surface area contributed by atoms with Crippen LogP contribution in [0.2, 0.25) is 0 Å². The number of aromatic nitrogens is 2. The standard InChI is InChI=1S/C20H18F3N3O2.ClH/c1-11(2)28-19(27)16-10-24-18-15(8-7-12(3)25-18)17(16)26-14-6-4-5-13(9-14)20(21,22)23;/h4-11H,1-3H3,(H,24,25,26);1H. The van der Waals surface area contributed by atoms with E-state index in [-0.39, 0.29) is 29.8 Å². The Morgan fingerprint density at radius 3 is 2.55 bits per heavy atom. The molecule has 0 amide bonds. The van der Waals surface area contributed by atoms with Crippen LogP contribution in [0.15, 0.2) is 42.6 Å². The van der Waals surface area contributed by atoms with Gasteiger partial charge < -0.3 is 10.1 Å². The van der Waals surface area contributed by atoms with Gasteiger partial charge in [0, 0.05) is 23.0 Å². The van der Waals surface area contributed by atoms with Crippen molar-refractivity contribution in [2.75, 3.05) is 5.32 Å². The summed E-state index contributed by atoms with van der Waals surface area (Å²) >= 11 is 0. The minimum absolute atomic E-state index is 0. The van der Waals surface area contributed by atoms with Crippen molar-refractivity contribution in [3.05, 3.63) is 59.4 Å². The first-order valence-corrected chi connectivity index (χ1v) is 8.57. The highest BCUT2D eigenvalue weighted by Crippen LogP contribution is 2.33. The zero-order chi connectivity index (χ0) is 20.5. The van der Waals surface area contributed by atoms with Crippen molar-refractivity contribution in [3.63, 3.8) is 0 Å². The van der Waals surface area contributed by atoms with Crippen LogP contribution in [0.5, 0.6) is 0 Å². The normalized spacial score (nSPS) is 11.3. The van der Waals surface area contributed by atoms with Crippen LogP contribution < -0.4 is 5.32 Å². The lowest BCUT2D eigenvalue weighted by Gasteiger charge is -2.16. The Kier molecular flexibility index (Phi) is 6.69. The van der Waals surface area contributed by atoms with Gasteiger partial charge in [-0.3, -0.25) is 0 Å². The Labute approximate surface area is 171 Å². The minimum atomic E-state index is -4.48. The van der Waals surface area contributed by atoms with Crippen LogP contribution >= 0.6 is 12.4 Å². The molecule has 0 aliphatic carbocycles. The summed E-state index contributed by atoms with van der Waals surface area (Å²) in [6.45, 7) is 5.20. The summed E-state index contributed by atoms with van der Waals surface area (Å²) in [4.78, 5) is 21.0. The maximum atomic E-state index is 13.0. The smallest absolute Gasteiger partial charge is 0.416 e. The number of benzene rings is 1. The Bertz CT molecular complexity index is 1040. The van der Waals surface area contributed by atoms with Gasteiger partial charge in [-0.05, 0) is 51.1 Å². The summed E-state index contributed by atoms with van der Waals surface area (Å²) < 4.78 is 44.3. The lowest BCUT2D eigenvalue weighted by Crippen LogP contribution is -2.14. The molecule has 3 aromatic rings. The number of halogens is 4. The van der Waals surface area contributed by atoms with Crippen molar-refractivity contribution < 1.29 is 22.7 Å². The number of rotatable bonds is 4. The lowest BCUT2D eigenvalue weighted by molar-refractivity contribution is -0.137. The molecule has 2 aromatic heterocycles. The minimum Gasteiger partial charge on any atom is -0.459 e. The number of esters is 1. The van der Waals surface area contributed by atoms with Gasteiger partial charge in [-0.15, -0.1) is 12.4 Å². The van der Waals surface area contributed by atoms with Gasteiger partial charge >= 0.3 is 12.1 Å². The molecule has 0 saturated carbocycles. The van der Waals surface area contributed by atoms with E-state index in [1.165, 1.54) is 18.3 Å². The van der Waals surface area contributed by atoms with E-state index in [4.69, 9.17) is 4.74 Å². The average molecular weight is 426 g/mol. The van der Waals surface area contributed by atoms with Crippen LogP contribution in [-0.2, 0) is 10.9 Å². The van der Waals surface area contributed by atoms with Crippen LogP contribution in [0.4, 0.5) is 24.5 Å². The second kappa shape index (κ2) is 8.65. The zero-order valence-corrected chi connectivity index (χ0v) is 16.7. The molecule has 154 valence electrons. The van der Waals surface area contributed by atoms with Gasteiger partial charge in [0.25, 0.3) is 0 Å². The second-order valence-corrected chi connectivity index (χ2v) is 6.53. The molecule has 0 aliphatic heterocycles. The molecule has 1 N–H and O–H groups in total. The highest BCUT2D eigenvalue weighted by atomic mass is 35.5. The number of alkyl halides is 3. The number of hydrogen-bond acceptors (Lipinski definition) is 5. The van der Waals surface area contributed by atoms with E-state index in [1.807, 2.05) is 0 Å². The molecular formula is C20H19ClF3N3O2. The topological polar surface area (TPSA) is 64.1 Å². The van der Waals surface area contributed by atoms with Crippen molar-refractivity contribution in [3.8, 4) is 0 Å². The summed E-state index contributed by atoms with van der Waals surface area (Å²) in [5.74, 6) is -0.626. The first kappa shape index (κ1) is 22.4. The predicted octanol–water partition coefficient (Wildman–Crippen LogP) is 5.69. The maximum absolute atomic E-state index is 13.0. The van der Waals surface area contributed by atoms with Crippen molar-refractivity contribution in [2.45, 2.75) is 33.1 Å². The first-order chi connectivity index (χ1) is 13.1. The zero-order valence-electron chi connectivity index (χ0n) is 15.9. The molecule has 0 fully saturated rings. The number of anilines is 2. The van der Waals surface area contributed by atoms with E-state index in [9.17, 15) is 18.0 Å². The number of nitrogens with one attached hydrogen (secondary N) is 1. The van der Waals surface area contributed by atoms with Gasteiger partial charge in [0.05, 0.1) is 17.4 Å². The number of carbonyl (C=O) groups excluding carboxylic acids is 1. The number of aryl methyl sites for hydroxylation is 1. The molecule has 3 rings (SSSR count). The van der Waals surface area contributed by atoms with E-state index in [2.05, 4.69) is 15.3 Å². The Hall–Kier alpha value is -2.87. The molecule has 0 aliphatic rings. The van der Waals surface area contributed by atoms with Gasteiger partial charge in [-0.25, -0.2) is 14.8 Å². The Morgan fingerprint density at radius 2 is 1.90 bits per heavy atom. The van der Waals surface area contributed by atoms with Crippen LogP contribution in [-0.4, -0.2) is 22.0 Å². The number of hydrogen-bond donors (Lipinski definition) is 1. The molecule has 29 heavy (non-hydrogen) atoms. The van der Waals surface area contributed by atoms with E-state index < -0.39 is 17.7 Å². The third-order valence-electron chi connectivity index (χ3n) is 3.89. The fourth-order valence-corrected chi connectivity index (χ4v) is 2.66. The monoisotopic (exact) mass is 425 g/mol. The van der Waals surface area contributed by atoms with Crippen molar-refractivity contribution in [2.24, 2.45) is 0 Å². The fraction of sp³-hybridized carbons (Fsp3) is 0.250. The molecule has 5 nitrogen and oxygen atoms in total. The molecule has 0 spiro atoms. The van der Waals surface area contributed by atoms with Crippen LogP contribution in [0, 0.1) is 6.92 Å². The third-order valence-corrected chi connectivity index (χ3v) is 3.89. The van der Waals surface area contributed by atoms with Crippen molar-refractivity contribution >= 4 is 40.8 Å². The van der Waals surface area contributed by atoms with Gasteiger partial charge in [0.1, 0.15) is 5.56 Å². The predicted molar refractivity (Wildman–Crippen MR) is 107 cm³/mol. The van der Waals surface area contributed by atoms with Crippen LogP contribution in [0.1, 0.15) is 35.5 Å². The molecule has 9 heteroatoms. The summed E-state index contributed by atoms with van der Waals surface area (Å²) in [6.07, 6.45) is -3.52. The lowest BCUT2D eigenvalue weighted by atomic mass is 10.1. The summed E-state index contributed by atoms with van der Waals surface area (Å²) in [5, 5.41) is 3.42. The SMILES string of the molecule is Cc1ccc2c(Nc3cccc(C(F)(F)F)c3)c(C(=O)OC(C)C)cnc2n1.Cl. The number of pyridine rings is 2. The van der Waals surface area contributed by atoms with Gasteiger partial charge in [0.2, 0.25) is 0 Å². The van der Waals surface area contributed by atoms with Crippen LogP contribution in [0.25, 0.3) is 11.0 Å². The molecule has 2 heterocycles. The fourth-order valence-electron chi connectivity index (χ4n) is 2.66.